The number of hydrogen-bond acceptors (Lipinski definition) is 2. The summed E-state index contributed by atoms with van der Waals surface area (Å²) >= 11 is 0. The molecule has 0 spiro atoms. The van der Waals surface area contributed by atoms with E-state index in [1.165, 1.54) is 72.0 Å². The summed E-state index contributed by atoms with van der Waals surface area (Å²) < 4.78 is 6.50. The van der Waals surface area contributed by atoms with Crippen molar-refractivity contribution in [1.29, 1.82) is 0 Å². The molecular formula is C58H43NO. The van der Waals surface area contributed by atoms with E-state index in [4.69, 9.17) is 4.42 Å². The van der Waals surface area contributed by atoms with E-state index in [9.17, 15) is 0 Å². The van der Waals surface area contributed by atoms with Crippen LogP contribution in [0.1, 0.15) is 49.9 Å². The zero-order valence-electron chi connectivity index (χ0n) is 34.3. The first-order valence-electron chi connectivity index (χ1n) is 21.1. The van der Waals surface area contributed by atoms with E-state index in [0.29, 0.717) is 0 Å². The second-order valence-electron chi connectivity index (χ2n) is 17.7. The molecule has 0 atom stereocenters. The van der Waals surface area contributed by atoms with Crippen molar-refractivity contribution >= 4 is 49.8 Å². The van der Waals surface area contributed by atoms with E-state index in [0.717, 1.165) is 44.6 Å². The van der Waals surface area contributed by atoms with Gasteiger partial charge >= 0.3 is 0 Å². The van der Waals surface area contributed by atoms with Crippen LogP contribution < -0.4 is 4.90 Å². The number of fused-ring (bicyclic) bond motifs is 10. The Bertz CT molecular complexity index is 3380. The molecule has 10 aromatic rings. The molecule has 0 amide bonds. The molecule has 2 aliphatic rings. The number of benzene rings is 9. The molecule has 0 fully saturated rings. The Balaban J connectivity index is 0.978. The van der Waals surface area contributed by atoms with Crippen LogP contribution in [-0.4, -0.2) is 0 Å². The molecule has 60 heavy (non-hydrogen) atoms. The van der Waals surface area contributed by atoms with Crippen molar-refractivity contribution in [2.75, 3.05) is 4.90 Å². The average Bonchev–Trinajstić information content (AvgIpc) is 3.86. The predicted molar refractivity (Wildman–Crippen MR) is 252 cm³/mol. The Morgan fingerprint density at radius 3 is 1.57 bits per heavy atom. The van der Waals surface area contributed by atoms with Gasteiger partial charge in [-0.25, -0.2) is 0 Å². The first kappa shape index (κ1) is 34.8. The van der Waals surface area contributed by atoms with Crippen molar-refractivity contribution < 1.29 is 4.42 Å². The minimum Gasteiger partial charge on any atom is -0.455 e. The Morgan fingerprint density at radius 1 is 0.350 bits per heavy atom. The van der Waals surface area contributed by atoms with Gasteiger partial charge in [-0.3, -0.25) is 0 Å². The maximum atomic E-state index is 6.50. The highest BCUT2D eigenvalue weighted by Gasteiger charge is 2.38. The first-order valence-corrected chi connectivity index (χ1v) is 21.1. The Kier molecular flexibility index (Phi) is 7.36. The van der Waals surface area contributed by atoms with Gasteiger partial charge in [-0.2, -0.15) is 0 Å². The molecule has 0 saturated heterocycles. The lowest BCUT2D eigenvalue weighted by Crippen LogP contribution is -2.18. The fourth-order valence-corrected chi connectivity index (χ4v) is 10.4. The van der Waals surface area contributed by atoms with E-state index in [1.54, 1.807) is 0 Å². The van der Waals surface area contributed by atoms with Gasteiger partial charge in [0.25, 0.3) is 0 Å². The van der Waals surface area contributed by atoms with E-state index < -0.39 is 0 Å². The van der Waals surface area contributed by atoms with Crippen molar-refractivity contribution in [3.05, 3.63) is 210 Å². The molecule has 0 bridgehead atoms. The fourth-order valence-electron chi connectivity index (χ4n) is 10.4. The van der Waals surface area contributed by atoms with Crippen LogP contribution in [0.4, 0.5) is 17.1 Å². The van der Waals surface area contributed by atoms with Crippen LogP contribution in [0.15, 0.2) is 192 Å². The molecule has 1 aromatic heterocycles. The van der Waals surface area contributed by atoms with Crippen molar-refractivity contribution in [3.63, 3.8) is 0 Å². The smallest absolute Gasteiger partial charge is 0.143 e. The third-order valence-electron chi connectivity index (χ3n) is 13.6. The molecule has 286 valence electrons. The van der Waals surface area contributed by atoms with E-state index >= 15 is 0 Å². The van der Waals surface area contributed by atoms with Crippen LogP contribution in [0.3, 0.4) is 0 Å². The average molecular weight is 770 g/mol. The van der Waals surface area contributed by atoms with Crippen LogP contribution in [-0.2, 0) is 10.8 Å². The summed E-state index contributed by atoms with van der Waals surface area (Å²) in [4.78, 5) is 2.47. The lowest BCUT2D eigenvalue weighted by molar-refractivity contribution is 0.660. The molecule has 0 radical (unpaired) electrons. The van der Waals surface area contributed by atoms with E-state index in [1.807, 2.05) is 6.07 Å². The van der Waals surface area contributed by atoms with Crippen molar-refractivity contribution in [3.8, 4) is 44.5 Å². The SMILES string of the molecule is CC1(C)c2cc(-c3ccccc3)ccc2-c2ccc(N(c3ccc4c(c3)C(C)(C)c3cc(-c5cccc6c5oc5ccccc56)ccc3-4)c3ccc4ccccc4c3)cc21. The quantitative estimate of drug-likeness (QED) is 0.173. The van der Waals surface area contributed by atoms with Gasteiger partial charge in [-0.1, -0.05) is 161 Å². The van der Waals surface area contributed by atoms with Crippen molar-refractivity contribution in [2.45, 2.75) is 38.5 Å². The van der Waals surface area contributed by atoms with Gasteiger partial charge in [0, 0.05) is 44.2 Å². The molecule has 0 N–H and O–H groups in total. The standard InChI is InChI=1S/C58H43NO/c1-57(2)51-32-39(36-13-6-5-7-14-36)22-27-45(51)47-29-25-42(34-53(47)57)59(41-24-21-37-15-8-9-16-38(37)31-41)43-26-30-48-46-28-23-40(33-52(46)58(3,4)54(48)35-43)44-18-12-19-50-49-17-10-11-20-55(49)60-56(44)50/h5-35H,1-4H3. The predicted octanol–water partition coefficient (Wildman–Crippen LogP) is 16.2. The van der Waals surface area contributed by atoms with Gasteiger partial charge in [-0.05, 0) is 127 Å². The van der Waals surface area contributed by atoms with Gasteiger partial charge in [-0.15, -0.1) is 0 Å². The summed E-state index contributed by atoms with van der Waals surface area (Å²) in [6, 6.07) is 69.4. The summed E-state index contributed by atoms with van der Waals surface area (Å²) in [5, 5.41) is 4.77. The zero-order chi connectivity index (χ0) is 40.3. The lowest BCUT2D eigenvalue weighted by Gasteiger charge is -2.30. The van der Waals surface area contributed by atoms with Crippen LogP contribution in [0.25, 0.3) is 77.2 Å². The van der Waals surface area contributed by atoms with Gasteiger partial charge in [0.15, 0.2) is 0 Å². The topological polar surface area (TPSA) is 16.4 Å². The summed E-state index contributed by atoms with van der Waals surface area (Å²) in [6.07, 6.45) is 0. The minimum atomic E-state index is -0.231. The molecule has 2 aliphatic carbocycles. The summed E-state index contributed by atoms with van der Waals surface area (Å²) in [5.74, 6) is 0. The van der Waals surface area contributed by atoms with Gasteiger partial charge in [0.2, 0.25) is 0 Å². The Morgan fingerprint density at radius 2 is 0.867 bits per heavy atom. The number of para-hydroxylation sites is 2. The monoisotopic (exact) mass is 769 g/mol. The maximum absolute atomic E-state index is 6.50. The molecule has 2 heteroatoms. The highest BCUT2D eigenvalue weighted by atomic mass is 16.3. The summed E-state index contributed by atoms with van der Waals surface area (Å²) in [7, 11) is 0. The highest BCUT2D eigenvalue weighted by Crippen LogP contribution is 2.54. The molecule has 1 heterocycles. The van der Waals surface area contributed by atoms with E-state index in [2.05, 4.69) is 215 Å². The van der Waals surface area contributed by atoms with Gasteiger partial charge < -0.3 is 9.32 Å². The first-order chi connectivity index (χ1) is 29.2. The molecule has 9 aromatic carbocycles. The third kappa shape index (κ3) is 5.07. The second-order valence-corrected chi connectivity index (χ2v) is 17.7. The lowest BCUT2D eigenvalue weighted by atomic mass is 9.81. The van der Waals surface area contributed by atoms with Crippen LogP contribution in [0.5, 0.6) is 0 Å². The fraction of sp³-hybridized carbons (Fsp3) is 0.103. The summed E-state index contributed by atoms with van der Waals surface area (Å²) in [6.45, 7) is 9.53. The number of furan rings is 1. The Labute approximate surface area is 351 Å². The molecule has 0 saturated carbocycles. The second kappa shape index (κ2) is 12.7. The molecule has 12 rings (SSSR count). The molecular weight excluding hydrogens is 727 g/mol. The number of nitrogens with zero attached hydrogens (tertiary/aromatic N) is 1. The number of hydrogen-bond donors (Lipinski definition) is 0. The molecule has 0 aliphatic heterocycles. The van der Waals surface area contributed by atoms with Crippen LogP contribution >= 0.6 is 0 Å². The molecule has 0 unspecified atom stereocenters. The zero-order valence-corrected chi connectivity index (χ0v) is 34.3. The number of rotatable bonds is 5. The normalized spacial score (nSPS) is 14.3. The maximum Gasteiger partial charge on any atom is 0.143 e. The minimum absolute atomic E-state index is 0.174. The Hall–Kier alpha value is -7.16. The number of anilines is 3. The highest BCUT2D eigenvalue weighted by molar-refractivity contribution is 6.09. The van der Waals surface area contributed by atoms with E-state index in [-0.39, 0.29) is 10.8 Å². The van der Waals surface area contributed by atoms with Crippen LogP contribution in [0.2, 0.25) is 0 Å². The summed E-state index contributed by atoms with van der Waals surface area (Å²) in [5.41, 5.74) is 20.3. The largest absolute Gasteiger partial charge is 0.455 e. The van der Waals surface area contributed by atoms with Gasteiger partial charge in [0.1, 0.15) is 11.2 Å². The van der Waals surface area contributed by atoms with Gasteiger partial charge in [0.05, 0.1) is 0 Å². The molecule has 2 nitrogen and oxygen atoms in total. The third-order valence-corrected chi connectivity index (χ3v) is 13.6. The van der Waals surface area contributed by atoms with Crippen molar-refractivity contribution in [1.82, 2.24) is 0 Å². The van der Waals surface area contributed by atoms with Crippen LogP contribution in [0, 0.1) is 0 Å². The van der Waals surface area contributed by atoms with Crippen molar-refractivity contribution in [2.24, 2.45) is 0 Å².